The second kappa shape index (κ2) is 13.5. The van der Waals surface area contributed by atoms with Gasteiger partial charge in [-0.05, 0) is 24.3 Å². The Hall–Kier alpha value is -4.43. The van der Waals surface area contributed by atoms with Gasteiger partial charge in [-0.15, -0.1) is 0 Å². The van der Waals surface area contributed by atoms with Gasteiger partial charge in [0.1, 0.15) is 26.4 Å². The molecule has 0 amide bonds. The van der Waals surface area contributed by atoms with Crippen molar-refractivity contribution in [3.63, 3.8) is 0 Å². The van der Waals surface area contributed by atoms with E-state index in [2.05, 4.69) is 0 Å². The highest BCUT2D eigenvalue weighted by atomic mass is 16.6. The second-order valence-corrected chi connectivity index (χ2v) is 6.88. The van der Waals surface area contributed by atoms with Crippen LogP contribution in [0.15, 0.2) is 24.3 Å². The maximum Gasteiger partial charge on any atom is 0.338 e. The minimum absolute atomic E-state index is 0.00594. The highest BCUT2D eigenvalue weighted by Crippen LogP contribution is 2.36. The van der Waals surface area contributed by atoms with E-state index in [1.165, 1.54) is 0 Å². The first kappa shape index (κ1) is 27.8. The predicted molar refractivity (Wildman–Crippen MR) is 116 cm³/mol. The van der Waals surface area contributed by atoms with E-state index in [0.717, 1.165) is 24.3 Å². The van der Waals surface area contributed by atoms with Gasteiger partial charge in [0.05, 0.1) is 30.9 Å². The first-order chi connectivity index (χ1) is 17.1. The van der Waals surface area contributed by atoms with Crippen LogP contribution in [0.5, 0.6) is 34.5 Å². The number of ether oxygens (including phenoxy) is 5. The summed E-state index contributed by atoms with van der Waals surface area (Å²) in [6.45, 7) is -1.12. The standard InChI is InChI=1S/C22H24O14/c23-14-7-12(8-15(24)19(14)28)21(30)35-5-2-32-1-4-34-18(27)11-33-3-6-36-22(31)13-9-16(25)20(29)17(26)10-13/h7-10,23-26,28-29H,1-6,11H2. The molecule has 2 rings (SSSR count). The summed E-state index contributed by atoms with van der Waals surface area (Å²) in [4.78, 5) is 35.2. The van der Waals surface area contributed by atoms with Crippen LogP contribution in [-0.4, -0.2) is 94.8 Å². The predicted octanol–water partition coefficient (Wildman–Crippen LogP) is 0.510. The minimum atomic E-state index is -0.894. The zero-order valence-electron chi connectivity index (χ0n) is 18.7. The molecule has 14 heteroatoms. The van der Waals surface area contributed by atoms with Crippen LogP contribution in [0.1, 0.15) is 20.7 Å². The largest absolute Gasteiger partial charge is 0.504 e. The maximum absolute atomic E-state index is 11.8. The van der Waals surface area contributed by atoms with Crippen molar-refractivity contribution in [1.29, 1.82) is 0 Å². The van der Waals surface area contributed by atoms with Crippen molar-refractivity contribution >= 4 is 17.9 Å². The van der Waals surface area contributed by atoms with Gasteiger partial charge >= 0.3 is 17.9 Å². The van der Waals surface area contributed by atoms with Crippen molar-refractivity contribution < 1.29 is 68.7 Å². The Labute approximate surface area is 203 Å². The number of carbonyl (C=O) groups excluding carboxylic acids is 3. The molecule has 0 aliphatic carbocycles. The monoisotopic (exact) mass is 512 g/mol. The van der Waals surface area contributed by atoms with Gasteiger partial charge in [0, 0.05) is 0 Å². The Morgan fingerprint density at radius 1 is 0.528 bits per heavy atom. The lowest BCUT2D eigenvalue weighted by molar-refractivity contribution is -0.150. The topological polar surface area (TPSA) is 219 Å². The van der Waals surface area contributed by atoms with Gasteiger partial charge in [-0.25, -0.2) is 14.4 Å². The summed E-state index contributed by atoms with van der Waals surface area (Å²) in [6.07, 6.45) is 0. The fourth-order valence-corrected chi connectivity index (χ4v) is 2.51. The first-order valence-electron chi connectivity index (χ1n) is 10.3. The number of hydrogen-bond acceptors (Lipinski definition) is 14. The minimum Gasteiger partial charge on any atom is -0.504 e. The number of aromatic hydroxyl groups is 6. The molecule has 0 aromatic heterocycles. The molecule has 0 atom stereocenters. The molecule has 0 heterocycles. The van der Waals surface area contributed by atoms with E-state index in [0.29, 0.717) is 0 Å². The van der Waals surface area contributed by atoms with Crippen molar-refractivity contribution in [1.82, 2.24) is 0 Å². The molecule has 0 unspecified atom stereocenters. The van der Waals surface area contributed by atoms with Crippen LogP contribution in [0, 0.1) is 0 Å². The van der Waals surface area contributed by atoms with Crippen LogP contribution in [0.25, 0.3) is 0 Å². The summed E-state index contributed by atoms with van der Waals surface area (Å²) < 4.78 is 24.7. The summed E-state index contributed by atoms with van der Waals surface area (Å²) in [6, 6.07) is 3.68. The van der Waals surface area contributed by atoms with E-state index >= 15 is 0 Å². The Morgan fingerprint density at radius 2 is 0.889 bits per heavy atom. The zero-order valence-corrected chi connectivity index (χ0v) is 18.7. The summed E-state index contributed by atoms with van der Waals surface area (Å²) in [7, 11) is 0. The van der Waals surface area contributed by atoms with Gasteiger partial charge in [-0.1, -0.05) is 0 Å². The average Bonchev–Trinajstić information content (AvgIpc) is 2.84. The van der Waals surface area contributed by atoms with E-state index in [4.69, 9.17) is 23.7 Å². The molecule has 2 aromatic rings. The quantitative estimate of drug-likeness (QED) is 0.0932. The molecule has 6 N–H and O–H groups in total. The number of hydrogen-bond donors (Lipinski definition) is 6. The van der Waals surface area contributed by atoms with Gasteiger partial charge in [0.25, 0.3) is 0 Å². The molecule has 0 aliphatic rings. The van der Waals surface area contributed by atoms with Crippen molar-refractivity contribution in [2.75, 3.05) is 46.2 Å². The Balaban J connectivity index is 1.50. The van der Waals surface area contributed by atoms with E-state index < -0.39 is 59.0 Å². The molecular formula is C22H24O14. The Kier molecular flexibility index (Phi) is 10.4. The summed E-state index contributed by atoms with van der Waals surface area (Å²) in [5, 5.41) is 56.0. The maximum atomic E-state index is 11.8. The lowest BCUT2D eigenvalue weighted by atomic mass is 10.2. The van der Waals surface area contributed by atoms with E-state index in [9.17, 15) is 45.0 Å². The third-order valence-electron chi connectivity index (χ3n) is 4.24. The van der Waals surface area contributed by atoms with Crippen LogP contribution in [0.2, 0.25) is 0 Å². The number of esters is 3. The van der Waals surface area contributed by atoms with Crippen molar-refractivity contribution in [2.45, 2.75) is 0 Å². The molecule has 0 saturated heterocycles. The lowest BCUT2D eigenvalue weighted by Crippen LogP contribution is -2.19. The lowest BCUT2D eigenvalue weighted by Gasteiger charge is -2.09. The second-order valence-electron chi connectivity index (χ2n) is 6.88. The summed E-state index contributed by atoms with van der Waals surface area (Å²) in [5.74, 6) is -6.74. The molecule has 196 valence electrons. The number of rotatable bonds is 13. The van der Waals surface area contributed by atoms with Crippen LogP contribution in [-0.2, 0) is 28.5 Å². The fraction of sp³-hybridized carbons (Fsp3) is 0.318. The van der Waals surface area contributed by atoms with Gasteiger partial charge < -0.3 is 54.3 Å². The molecule has 0 spiro atoms. The van der Waals surface area contributed by atoms with Gasteiger partial charge in [-0.3, -0.25) is 0 Å². The van der Waals surface area contributed by atoms with Crippen LogP contribution in [0.3, 0.4) is 0 Å². The smallest absolute Gasteiger partial charge is 0.338 e. The number of phenols is 6. The number of phenolic OH excluding ortho intramolecular Hbond substituents is 6. The normalized spacial score (nSPS) is 10.6. The van der Waals surface area contributed by atoms with E-state index in [1.54, 1.807) is 0 Å². The highest BCUT2D eigenvalue weighted by molar-refractivity contribution is 5.91. The SMILES string of the molecule is O=C(COCCOC(=O)c1cc(O)c(O)c(O)c1)OCCOCCOC(=O)c1cc(O)c(O)c(O)c1. The van der Waals surface area contributed by atoms with Crippen molar-refractivity contribution in [3.05, 3.63) is 35.4 Å². The first-order valence-corrected chi connectivity index (χ1v) is 10.3. The third kappa shape index (κ3) is 8.41. The van der Waals surface area contributed by atoms with Crippen LogP contribution < -0.4 is 0 Å². The highest BCUT2D eigenvalue weighted by Gasteiger charge is 2.16. The molecule has 14 nitrogen and oxygen atoms in total. The molecule has 0 bridgehead atoms. The summed E-state index contributed by atoms with van der Waals surface area (Å²) in [5.41, 5.74) is -0.374. The average molecular weight is 512 g/mol. The molecule has 0 radical (unpaired) electrons. The zero-order chi connectivity index (χ0) is 26.7. The Bertz CT molecular complexity index is 1030. The van der Waals surface area contributed by atoms with Crippen molar-refractivity contribution in [3.8, 4) is 34.5 Å². The van der Waals surface area contributed by atoms with Crippen molar-refractivity contribution in [2.24, 2.45) is 0 Å². The third-order valence-corrected chi connectivity index (χ3v) is 4.24. The molecule has 0 saturated carbocycles. The van der Waals surface area contributed by atoms with Gasteiger partial charge in [0.2, 0.25) is 0 Å². The fourth-order valence-electron chi connectivity index (χ4n) is 2.51. The van der Waals surface area contributed by atoms with E-state index in [1.807, 2.05) is 0 Å². The Morgan fingerprint density at radius 3 is 1.31 bits per heavy atom. The van der Waals surface area contributed by atoms with E-state index in [-0.39, 0.29) is 50.8 Å². The number of carbonyl (C=O) groups is 3. The summed E-state index contributed by atoms with van der Waals surface area (Å²) >= 11 is 0. The van der Waals surface area contributed by atoms with Gasteiger partial charge in [0.15, 0.2) is 34.5 Å². The van der Waals surface area contributed by atoms with Crippen LogP contribution in [0.4, 0.5) is 0 Å². The molecular weight excluding hydrogens is 488 g/mol. The molecule has 0 fully saturated rings. The molecule has 2 aromatic carbocycles. The molecule has 36 heavy (non-hydrogen) atoms. The molecule has 0 aliphatic heterocycles. The van der Waals surface area contributed by atoms with Gasteiger partial charge in [-0.2, -0.15) is 0 Å². The number of benzene rings is 2. The van der Waals surface area contributed by atoms with Crippen LogP contribution >= 0.6 is 0 Å².